The highest BCUT2D eigenvalue weighted by atomic mass is 127. The second-order valence-corrected chi connectivity index (χ2v) is 8.65. The molecule has 1 aromatic carbocycles. The molecule has 9 heteroatoms. The summed E-state index contributed by atoms with van der Waals surface area (Å²) in [7, 11) is 0. The van der Waals surface area contributed by atoms with E-state index in [4.69, 9.17) is 27.8 Å². The number of alkyl halides is 1. The molecule has 0 saturated carbocycles. The molecule has 138 valence electrons. The van der Waals surface area contributed by atoms with Crippen molar-refractivity contribution in [2.24, 2.45) is 11.5 Å². The van der Waals surface area contributed by atoms with Crippen LogP contribution in [0.2, 0.25) is 5.15 Å². The first-order chi connectivity index (χ1) is 12.8. The predicted octanol–water partition coefficient (Wildman–Crippen LogP) is 4.78. The van der Waals surface area contributed by atoms with Gasteiger partial charge in [-0.15, -0.1) is 0 Å². The van der Waals surface area contributed by atoms with Gasteiger partial charge in [0.2, 0.25) is 0 Å². The lowest BCUT2D eigenvalue weighted by Gasteiger charge is -2.38. The van der Waals surface area contributed by atoms with Gasteiger partial charge in [-0.3, -0.25) is 4.98 Å². The zero-order valence-electron chi connectivity index (χ0n) is 13.6. The van der Waals surface area contributed by atoms with E-state index < -0.39 is 11.5 Å². The monoisotopic (exact) mass is 560 g/mol. The van der Waals surface area contributed by atoms with E-state index in [1.54, 1.807) is 24.4 Å². The molecule has 27 heavy (non-hydrogen) atoms. The van der Waals surface area contributed by atoms with Crippen LogP contribution in [0.3, 0.4) is 0 Å². The molecule has 2 atom stereocenters. The van der Waals surface area contributed by atoms with Gasteiger partial charge in [0.1, 0.15) is 16.4 Å². The Morgan fingerprint density at radius 2 is 2.04 bits per heavy atom. The van der Waals surface area contributed by atoms with Crippen molar-refractivity contribution in [1.82, 2.24) is 9.97 Å². The molecule has 4 N–H and O–H groups in total. The lowest BCUT2D eigenvalue weighted by atomic mass is 9.77. The SMILES string of the molecule is NC(I)c1cccnc1C1(N)c2cc(Br)ccc2Oc2c1cc(Cl)nc2F. The van der Waals surface area contributed by atoms with Gasteiger partial charge in [-0.25, -0.2) is 4.98 Å². The minimum absolute atomic E-state index is 0.0284. The molecule has 0 aliphatic carbocycles. The van der Waals surface area contributed by atoms with Crippen molar-refractivity contribution in [3.63, 3.8) is 0 Å². The van der Waals surface area contributed by atoms with Crippen LogP contribution < -0.4 is 16.2 Å². The number of fused-ring (bicyclic) bond motifs is 2. The Balaban J connectivity index is 2.13. The van der Waals surface area contributed by atoms with Gasteiger partial charge in [0, 0.05) is 27.4 Å². The van der Waals surface area contributed by atoms with Crippen molar-refractivity contribution in [2.75, 3.05) is 0 Å². The summed E-state index contributed by atoms with van der Waals surface area (Å²) in [6, 6.07) is 10.4. The highest BCUT2D eigenvalue weighted by Gasteiger charge is 2.45. The van der Waals surface area contributed by atoms with E-state index in [0.717, 1.165) is 10.0 Å². The van der Waals surface area contributed by atoms with Crippen LogP contribution in [0.25, 0.3) is 0 Å². The molecule has 3 aromatic rings. The predicted molar refractivity (Wildman–Crippen MR) is 113 cm³/mol. The molecule has 4 rings (SSSR count). The fourth-order valence-corrected chi connectivity index (χ4v) is 4.29. The number of aromatic nitrogens is 2. The molecule has 2 unspecified atom stereocenters. The molecular weight excluding hydrogens is 549 g/mol. The molecular formula is C18H12BrClFIN4O. The summed E-state index contributed by atoms with van der Waals surface area (Å²) < 4.78 is 20.8. The molecule has 1 aliphatic heterocycles. The third-order valence-corrected chi connectivity index (χ3v) is 5.77. The summed E-state index contributed by atoms with van der Waals surface area (Å²) in [5.74, 6) is -0.498. The van der Waals surface area contributed by atoms with E-state index in [0.29, 0.717) is 22.6 Å². The molecule has 0 bridgehead atoms. The third-order valence-electron chi connectivity index (χ3n) is 4.41. The van der Waals surface area contributed by atoms with Crippen LogP contribution in [0.4, 0.5) is 4.39 Å². The van der Waals surface area contributed by atoms with Crippen LogP contribution in [-0.4, -0.2) is 9.97 Å². The van der Waals surface area contributed by atoms with Crippen LogP contribution >= 0.6 is 50.1 Å². The number of pyridine rings is 2. The van der Waals surface area contributed by atoms with Gasteiger partial charge in [0.15, 0.2) is 5.75 Å². The zero-order chi connectivity index (χ0) is 19.3. The maximum Gasteiger partial charge on any atom is 0.257 e. The first kappa shape index (κ1) is 19.0. The van der Waals surface area contributed by atoms with Gasteiger partial charge in [-0.05, 0) is 30.3 Å². The Labute approximate surface area is 181 Å². The molecule has 0 radical (unpaired) electrons. The molecule has 1 aliphatic rings. The van der Waals surface area contributed by atoms with E-state index >= 15 is 0 Å². The summed E-state index contributed by atoms with van der Waals surface area (Å²) in [5.41, 5.74) is 14.0. The average molecular weight is 562 g/mol. The largest absolute Gasteiger partial charge is 0.452 e. The van der Waals surface area contributed by atoms with E-state index in [9.17, 15) is 4.39 Å². The van der Waals surface area contributed by atoms with E-state index in [1.165, 1.54) is 6.07 Å². The second-order valence-electron chi connectivity index (χ2n) is 6.01. The summed E-state index contributed by atoms with van der Waals surface area (Å²) in [6.45, 7) is 0. The number of ether oxygens (including phenoxy) is 1. The van der Waals surface area contributed by atoms with Gasteiger partial charge < -0.3 is 16.2 Å². The lowest BCUT2D eigenvalue weighted by molar-refractivity contribution is 0.380. The summed E-state index contributed by atoms with van der Waals surface area (Å²) in [5, 5.41) is -0.0284. The van der Waals surface area contributed by atoms with Crippen molar-refractivity contribution >= 4 is 50.1 Å². The van der Waals surface area contributed by atoms with Crippen LogP contribution in [0.1, 0.15) is 26.4 Å². The van der Waals surface area contributed by atoms with Crippen molar-refractivity contribution in [3.8, 4) is 11.5 Å². The topological polar surface area (TPSA) is 87.0 Å². The standard InChI is InChI=1S/C18H12BrClFIN4O/c19-8-3-4-12-10(6-8)18(24,15-9(17(22)23)2-1-5-25-15)11-7-13(20)26-16(21)14(11)27-12/h1-7,17H,23-24H2. The van der Waals surface area contributed by atoms with Gasteiger partial charge in [0.25, 0.3) is 5.95 Å². The third kappa shape index (κ3) is 3.03. The quantitative estimate of drug-likeness (QED) is 0.204. The molecule has 0 saturated heterocycles. The number of rotatable bonds is 2. The van der Waals surface area contributed by atoms with Gasteiger partial charge in [0.05, 0.1) is 9.74 Å². The Morgan fingerprint density at radius 3 is 2.78 bits per heavy atom. The zero-order valence-corrected chi connectivity index (χ0v) is 18.1. The lowest BCUT2D eigenvalue weighted by Crippen LogP contribution is -2.44. The van der Waals surface area contributed by atoms with Crippen LogP contribution in [0, 0.1) is 5.95 Å². The van der Waals surface area contributed by atoms with E-state index in [-0.39, 0.29) is 15.0 Å². The Morgan fingerprint density at radius 1 is 1.26 bits per heavy atom. The number of nitrogens with two attached hydrogens (primary N) is 2. The summed E-state index contributed by atoms with van der Waals surface area (Å²) in [4.78, 5) is 8.17. The normalized spacial score (nSPS) is 19.0. The number of hydrogen-bond acceptors (Lipinski definition) is 5. The maximum atomic E-state index is 14.6. The molecule has 3 heterocycles. The Kier molecular flexibility index (Phi) is 4.88. The Hall–Kier alpha value is -1.33. The van der Waals surface area contributed by atoms with Gasteiger partial charge in [-0.2, -0.15) is 4.39 Å². The fourth-order valence-electron chi connectivity index (χ4n) is 3.24. The van der Waals surface area contributed by atoms with E-state index in [2.05, 4.69) is 48.5 Å². The van der Waals surface area contributed by atoms with Gasteiger partial charge >= 0.3 is 0 Å². The summed E-state index contributed by atoms with van der Waals surface area (Å²) in [6.07, 6.45) is 1.62. The average Bonchev–Trinajstić information content (AvgIpc) is 2.63. The van der Waals surface area contributed by atoms with Crippen LogP contribution in [0.15, 0.2) is 47.1 Å². The number of benzene rings is 1. The van der Waals surface area contributed by atoms with Crippen molar-refractivity contribution in [3.05, 3.63) is 80.6 Å². The highest BCUT2D eigenvalue weighted by Crippen LogP contribution is 2.51. The highest BCUT2D eigenvalue weighted by molar-refractivity contribution is 14.1. The minimum Gasteiger partial charge on any atom is -0.452 e. The van der Waals surface area contributed by atoms with Crippen LogP contribution in [-0.2, 0) is 5.54 Å². The van der Waals surface area contributed by atoms with Crippen molar-refractivity contribution in [1.29, 1.82) is 0 Å². The molecule has 0 spiro atoms. The number of halogens is 4. The fraction of sp³-hybridized carbons (Fsp3) is 0.111. The van der Waals surface area contributed by atoms with Crippen LogP contribution in [0.5, 0.6) is 11.5 Å². The molecule has 5 nitrogen and oxygen atoms in total. The number of nitrogens with zero attached hydrogens (tertiary/aromatic N) is 2. The van der Waals surface area contributed by atoms with Crippen molar-refractivity contribution < 1.29 is 9.13 Å². The molecule has 0 fully saturated rings. The first-order valence-corrected chi connectivity index (χ1v) is 10.2. The smallest absolute Gasteiger partial charge is 0.257 e. The molecule has 0 amide bonds. The van der Waals surface area contributed by atoms with Crippen molar-refractivity contribution in [2.45, 2.75) is 9.59 Å². The molecule has 2 aromatic heterocycles. The van der Waals surface area contributed by atoms with Gasteiger partial charge in [-0.1, -0.05) is 56.2 Å². The Bertz CT molecular complexity index is 1070. The first-order valence-electron chi connectivity index (χ1n) is 7.80. The second kappa shape index (κ2) is 6.93. The summed E-state index contributed by atoms with van der Waals surface area (Å²) >= 11 is 11.6. The maximum absolute atomic E-state index is 14.6. The minimum atomic E-state index is -1.33. The van der Waals surface area contributed by atoms with E-state index in [1.807, 2.05) is 12.1 Å². The number of hydrogen-bond donors (Lipinski definition) is 2.